The third-order valence-corrected chi connectivity index (χ3v) is 3.97. The van der Waals surface area contributed by atoms with Gasteiger partial charge in [0.05, 0.1) is 4.47 Å². The fraction of sp³-hybridized carbons (Fsp3) is 0.118. The van der Waals surface area contributed by atoms with E-state index < -0.39 is 6.36 Å². The van der Waals surface area contributed by atoms with Crippen LogP contribution in [0.4, 0.5) is 18.9 Å². The topological polar surface area (TPSA) is 58.2 Å². The van der Waals surface area contributed by atoms with Crippen LogP contribution in [0.5, 0.6) is 5.75 Å². The standard InChI is InChI=1S/C17H10BrF3N2O2/c18-14-7-12(3-4-15(14)25-17(19,20)21)23-9-10-1-2-11-6-13(8-22)24-16(11)5-10/h1-7,23H,9H2. The van der Waals surface area contributed by atoms with Crippen LogP contribution in [0.25, 0.3) is 11.0 Å². The lowest BCUT2D eigenvalue weighted by molar-refractivity contribution is -0.274. The molecule has 0 fully saturated rings. The average Bonchev–Trinajstić information content (AvgIpc) is 2.96. The zero-order valence-electron chi connectivity index (χ0n) is 12.5. The Balaban J connectivity index is 1.71. The fourth-order valence-corrected chi connectivity index (χ4v) is 2.72. The number of ether oxygens (including phenoxy) is 1. The number of anilines is 1. The number of rotatable bonds is 4. The van der Waals surface area contributed by atoms with Gasteiger partial charge in [0.2, 0.25) is 5.76 Å². The molecule has 1 aromatic heterocycles. The summed E-state index contributed by atoms with van der Waals surface area (Å²) in [6, 6.07) is 13.3. The molecule has 2 aromatic carbocycles. The molecule has 0 aliphatic rings. The van der Waals surface area contributed by atoms with Crippen LogP contribution in [0, 0.1) is 11.3 Å². The number of benzene rings is 2. The van der Waals surface area contributed by atoms with Gasteiger partial charge in [0, 0.05) is 23.7 Å². The minimum Gasteiger partial charge on any atom is -0.446 e. The van der Waals surface area contributed by atoms with Gasteiger partial charge >= 0.3 is 6.36 Å². The van der Waals surface area contributed by atoms with Crippen molar-refractivity contribution in [3.05, 3.63) is 58.3 Å². The van der Waals surface area contributed by atoms with Crippen molar-refractivity contribution in [2.45, 2.75) is 12.9 Å². The van der Waals surface area contributed by atoms with Crippen LogP contribution in [0.1, 0.15) is 11.3 Å². The molecule has 128 valence electrons. The van der Waals surface area contributed by atoms with Gasteiger partial charge in [0.25, 0.3) is 0 Å². The van der Waals surface area contributed by atoms with E-state index in [1.807, 2.05) is 18.2 Å². The van der Waals surface area contributed by atoms with E-state index in [0.717, 1.165) is 10.9 Å². The third kappa shape index (κ3) is 4.25. The third-order valence-electron chi connectivity index (χ3n) is 3.35. The molecule has 0 unspecified atom stereocenters. The number of hydrogen-bond acceptors (Lipinski definition) is 4. The molecule has 0 spiro atoms. The normalized spacial score (nSPS) is 11.3. The molecule has 0 saturated carbocycles. The van der Waals surface area contributed by atoms with E-state index >= 15 is 0 Å². The quantitative estimate of drug-likeness (QED) is 0.609. The molecular weight excluding hydrogens is 401 g/mol. The molecule has 0 amide bonds. The van der Waals surface area contributed by atoms with Crippen molar-refractivity contribution >= 4 is 32.6 Å². The van der Waals surface area contributed by atoms with Crippen LogP contribution < -0.4 is 10.1 Å². The summed E-state index contributed by atoms with van der Waals surface area (Å²) < 4.78 is 46.2. The van der Waals surface area contributed by atoms with Crippen molar-refractivity contribution in [2.75, 3.05) is 5.32 Å². The van der Waals surface area contributed by atoms with Gasteiger partial charge < -0.3 is 14.5 Å². The van der Waals surface area contributed by atoms with Crippen molar-refractivity contribution < 1.29 is 22.3 Å². The first kappa shape index (κ1) is 17.2. The van der Waals surface area contributed by atoms with Crippen LogP contribution in [-0.4, -0.2) is 6.36 Å². The smallest absolute Gasteiger partial charge is 0.446 e. The Labute approximate surface area is 148 Å². The molecule has 4 nitrogen and oxygen atoms in total. The number of alkyl halides is 3. The van der Waals surface area contributed by atoms with Crippen molar-refractivity contribution in [1.29, 1.82) is 5.26 Å². The second-order valence-corrected chi connectivity index (χ2v) is 6.00. The van der Waals surface area contributed by atoms with Crippen LogP contribution in [-0.2, 0) is 6.54 Å². The number of furan rings is 1. The van der Waals surface area contributed by atoms with Gasteiger partial charge in [-0.15, -0.1) is 13.2 Å². The fourth-order valence-electron chi connectivity index (χ4n) is 2.26. The molecule has 3 aromatic rings. The molecule has 1 N–H and O–H groups in total. The summed E-state index contributed by atoms with van der Waals surface area (Å²) in [4.78, 5) is 0. The minimum atomic E-state index is -4.74. The lowest BCUT2D eigenvalue weighted by Gasteiger charge is -2.12. The zero-order valence-corrected chi connectivity index (χ0v) is 14.1. The first-order valence-electron chi connectivity index (χ1n) is 7.06. The van der Waals surface area contributed by atoms with Crippen molar-refractivity contribution in [3.63, 3.8) is 0 Å². The summed E-state index contributed by atoms with van der Waals surface area (Å²) in [5.41, 5.74) is 2.13. The maximum Gasteiger partial charge on any atom is 0.573 e. The first-order valence-corrected chi connectivity index (χ1v) is 7.85. The van der Waals surface area contributed by atoms with Gasteiger partial charge in [-0.1, -0.05) is 12.1 Å². The molecule has 3 rings (SSSR count). The lowest BCUT2D eigenvalue weighted by Crippen LogP contribution is -2.17. The van der Waals surface area contributed by atoms with E-state index in [1.54, 1.807) is 12.1 Å². The number of halogens is 4. The Kier molecular flexibility index (Phi) is 4.59. The number of hydrogen-bond donors (Lipinski definition) is 1. The van der Waals surface area contributed by atoms with E-state index in [2.05, 4.69) is 26.0 Å². The van der Waals surface area contributed by atoms with E-state index in [9.17, 15) is 13.2 Å². The van der Waals surface area contributed by atoms with Crippen LogP contribution >= 0.6 is 15.9 Å². The minimum absolute atomic E-state index is 0.190. The Bertz CT molecular complexity index is 961. The molecule has 25 heavy (non-hydrogen) atoms. The zero-order chi connectivity index (χ0) is 18.0. The highest BCUT2D eigenvalue weighted by Crippen LogP contribution is 2.32. The molecule has 0 atom stereocenters. The van der Waals surface area contributed by atoms with Gasteiger partial charge in [0.1, 0.15) is 17.4 Å². The highest BCUT2D eigenvalue weighted by atomic mass is 79.9. The van der Waals surface area contributed by atoms with E-state index in [0.29, 0.717) is 17.8 Å². The second kappa shape index (κ2) is 6.69. The summed E-state index contributed by atoms with van der Waals surface area (Å²) in [6.07, 6.45) is -4.74. The van der Waals surface area contributed by atoms with E-state index in [1.165, 1.54) is 18.2 Å². The Hall–Kier alpha value is -2.66. The molecule has 0 aliphatic heterocycles. The van der Waals surface area contributed by atoms with E-state index in [4.69, 9.17) is 9.68 Å². The van der Waals surface area contributed by atoms with Gasteiger partial charge in [-0.2, -0.15) is 5.26 Å². The number of nitrogens with one attached hydrogen (secondary N) is 1. The number of nitriles is 1. The van der Waals surface area contributed by atoms with Gasteiger partial charge in [0.15, 0.2) is 0 Å². The highest BCUT2D eigenvalue weighted by molar-refractivity contribution is 9.10. The SMILES string of the molecule is N#Cc1cc2ccc(CNc3ccc(OC(F)(F)F)c(Br)c3)cc2o1. The molecule has 8 heteroatoms. The largest absolute Gasteiger partial charge is 0.573 e. The number of nitrogens with zero attached hydrogens (tertiary/aromatic N) is 1. The summed E-state index contributed by atoms with van der Waals surface area (Å²) in [7, 11) is 0. The van der Waals surface area contributed by atoms with Gasteiger partial charge in [-0.3, -0.25) is 0 Å². The van der Waals surface area contributed by atoms with Gasteiger partial charge in [-0.05, 0) is 45.8 Å². The molecular formula is C17H10BrF3N2O2. The molecule has 0 radical (unpaired) electrons. The Morgan fingerprint density at radius 2 is 1.96 bits per heavy atom. The molecule has 1 heterocycles. The second-order valence-electron chi connectivity index (χ2n) is 5.14. The van der Waals surface area contributed by atoms with Crippen molar-refractivity contribution in [3.8, 4) is 11.8 Å². The summed E-state index contributed by atoms with van der Waals surface area (Å²) >= 11 is 3.06. The van der Waals surface area contributed by atoms with Crippen LogP contribution in [0.2, 0.25) is 0 Å². The monoisotopic (exact) mass is 410 g/mol. The molecule has 0 saturated heterocycles. The highest BCUT2D eigenvalue weighted by Gasteiger charge is 2.31. The van der Waals surface area contributed by atoms with Crippen molar-refractivity contribution in [2.24, 2.45) is 0 Å². The van der Waals surface area contributed by atoms with Crippen LogP contribution in [0.15, 0.2) is 51.4 Å². The first-order chi connectivity index (χ1) is 11.8. The summed E-state index contributed by atoms with van der Waals surface area (Å²) in [5, 5.41) is 12.8. The maximum atomic E-state index is 12.3. The molecule has 0 aliphatic carbocycles. The summed E-state index contributed by atoms with van der Waals surface area (Å²) in [6.45, 7) is 0.435. The van der Waals surface area contributed by atoms with Crippen LogP contribution in [0.3, 0.4) is 0 Å². The van der Waals surface area contributed by atoms with Crippen molar-refractivity contribution in [1.82, 2.24) is 0 Å². The maximum absolute atomic E-state index is 12.3. The van der Waals surface area contributed by atoms with Gasteiger partial charge in [-0.25, -0.2) is 0 Å². The Morgan fingerprint density at radius 1 is 1.16 bits per heavy atom. The predicted molar refractivity (Wildman–Crippen MR) is 89.1 cm³/mol. The Morgan fingerprint density at radius 3 is 2.64 bits per heavy atom. The predicted octanol–water partition coefficient (Wildman–Crippen LogP) is 5.58. The summed E-state index contributed by atoms with van der Waals surface area (Å²) in [5.74, 6) is -0.0663. The van der Waals surface area contributed by atoms with E-state index in [-0.39, 0.29) is 16.0 Å². The lowest BCUT2D eigenvalue weighted by atomic mass is 10.1. The molecule has 0 bridgehead atoms. The number of fused-ring (bicyclic) bond motifs is 1. The average molecular weight is 411 g/mol.